The van der Waals surface area contributed by atoms with Crippen LogP contribution in [-0.4, -0.2) is 15.9 Å². The van der Waals surface area contributed by atoms with E-state index in [4.69, 9.17) is 16.6 Å². The van der Waals surface area contributed by atoms with Gasteiger partial charge in [-0.15, -0.1) is 0 Å². The van der Waals surface area contributed by atoms with Crippen LogP contribution in [0.15, 0.2) is 91.1 Å². The Hall–Kier alpha value is -3.50. The molecule has 0 aliphatic heterocycles. The number of aromatic nitrogens is 2. The summed E-state index contributed by atoms with van der Waals surface area (Å²) in [7, 11) is 0. The number of amides is 1. The first-order chi connectivity index (χ1) is 14.2. The molecule has 0 atom stereocenters. The van der Waals surface area contributed by atoms with E-state index >= 15 is 0 Å². The zero-order valence-corrected chi connectivity index (χ0v) is 16.3. The molecule has 0 spiro atoms. The summed E-state index contributed by atoms with van der Waals surface area (Å²) in [6.07, 6.45) is 1.91. The summed E-state index contributed by atoms with van der Waals surface area (Å²) in [4.78, 5) is 21.9. The van der Waals surface area contributed by atoms with Gasteiger partial charge in [0.1, 0.15) is 5.69 Å². The summed E-state index contributed by atoms with van der Waals surface area (Å²) >= 11 is 5.91. The highest BCUT2D eigenvalue weighted by molar-refractivity contribution is 6.30. The molecule has 1 N–H and O–H groups in total. The first-order valence-electron chi connectivity index (χ1n) is 9.21. The van der Waals surface area contributed by atoms with Gasteiger partial charge >= 0.3 is 0 Å². The molecule has 4 nitrogen and oxygen atoms in total. The van der Waals surface area contributed by atoms with E-state index in [9.17, 15) is 4.79 Å². The summed E-state index contributed by atoms with van der Waals surface area (Å²) in [5.74, 6) is 0.279. The number of hydrogen-bond acceptors (Lipinski definition) is 3. The molecular formula is C24H18ClN3O. The van der Waals surface area contributed by atoms with Crippen LogP contribution in [0, 0.1) is 0 Å². The first-order valence-corrected chi connectivity index (χ1v) is 9.59. The smallest absolute Gasteiger partial charge is 0.230 e. The number of nitrogens with one attached hydrogen (secondary N) is 1. The highest BCUT2D eigenvalue weighted by Gasteiger charge is 2.14. The van der Waals surface area contributed by atoms with Crippen LogP contribution in [0.2, 0.25) is 5.02 Å². The number of rotatable bonds is 5. The molecule has 0 aliphatic rings. The fourth-order valence-electron chi connectivity index (χ4n) is 2.99. The molecule has 29 heavy (non-hydrogen) atoms. The minimum atomic E-state index is -0.161. The lowest BCUT2D eigenvalue weighted by Gasteiger charge is -2.12. The molecule has 142 valence electrons. The number of anilines is 1. The molecule has 1 heterocycles. The van der Waals surface area contributed by atoms with Gasteiger partial charge in [0.05, 0.1) is 18.3 Å². The Balaban J connectivity index is 1.65. The molecule has 0 radical (unpaired) electrons. The van der Waals surface area contributed by atoms with Crippen molar-refractivity contribution >= 4 is 23.3 Å². The van der Waals surface area contributed by atoms with Crippen LogP contribution in [0.3, 0.4) is 0 Å². The summed E-state index contributed by atoms with van der Waals surface area (Å²) in [5.41, 5.74) is 4.12. The normalized spacial score (nSPS) is 10.5. The van der Waals surface area contributed by atoms with Gasteiger partial charge < -0.3 is 5.32 Å². The van der Waals surface area contributed by atoms with Gasteiger partial charge in [-0.3, -0.25) is 4.79 Å². The number of benzene rings is 3. The topological polar surface area (TPSA) is 54.9 Å². The molecule has 0 aliphatic carbocycles. The van der Waals surface area contributed by atoms with Crippen LogP contribution < -0.4 is 5.32 Å². The van der Waals surface area contributed by atoms with Gasteiger partial charge in [0, 0.05) is 16.1 Å². The third-order valence-electron chi connectivity index (χ3n) is 4.43. The summed E-state index contributed by atoms with van der Waals surface area (Å²) in [6.45, 7) is 0. The summed E-state index contributed by atoms with van der Waals surface area (Å²) in [6, 6.07) is 26.8. The second-order valence-electron chi connectivity index (χ2n) is 6.54. The van der Waals surface area contributed by atoms with Gasteiger partial charge in [0.25, 0.3) is 0 Å². The maximum Gasteiger partial charge on any atom is 0.230 e. The van der Waals surface area contributed by atoms with Crippen LogP contribution in [0.5, 0.6) is 0 Å². The quantitative estimate of drug-likeness (QED) is 0.472. The van der Waals surface area contributed by atoms with Crippen molar-refractivity contribution in [3.63, 3.8) is 0 Å². The van der Waals surface area contributed by atoms with Crippen molar-refractivity contribution in [2.24, 2.45) is 0 Å². The third-order valence-corrected chi connectivity index (χ3v) is 4.68. The van der Waals surface area contributed by atoms with Gasteiger partial charge in [-0.25, -0.2) is 9.97 Å². The van der Waals surface area contributed by atoms with Crippen molar-refractivity contribution < 1.29 is 4.79 Å². The van der Waals surface area contributed by atoms with Gasteiger partial charge in [0.15, 0.2) is 5.82 Å². The zero-order valence-electron chi connectivity index (χ0n) is 15.5. The van der Waals surface area contributed by atoms with Crippen molar-refractivity contribution in [2.75, 3.05) is 5.32 Å². The van der Waals surface area contributed by atoms with E-state index in [1.807, 2.05) is 72.8 Å². The monoisotopic (exact) mass is 399 g/mol. The van der Waals surface area contributed by atoms with Crippen LogP contribution in [0.1, 0.15) is 5.56 Å². The molecule has 1 aromatic heterocycles. The maximum absolute atomic E-state index is 12.6. The highest BCUT2D eigenvalue weighted by Crippen LogP contribution is 2.27. The molecule has 3 aromatic carbocycles. The second kappa shape index (κ2) is 8.67. The number of hydrogen-bond donors (Lipinski definition) is 1. The van der Waals surface area contributed by atoms with E-state index in [2.05, 4.69) is 10.3 Å². The van der Waals surface area contributed by atoms with E-state index < -0.39 is 0 Å². The fraction of sp³-hybridized carbons (Fsp3) is 0.0417. The Morgan fingerprint density at radius 1 is 0.828 bits per heavy atom. The Bertz CT molecular complexity index is 1110. The Kier molecular flexibility index (Phi) is 5.63. The van der Waals surface area contributed by atoms with Crippen LogP contribution >= 0.6 is 11.6 Å². The maximum atomic E-state index is 12.6. The first kappa shape index (κ1) is 18.8. The molecular weight excluding hydrogens is 382 g/mol. The molecule has 0 bridgehead atoms. The van der Waals surface area contributed by atoms with Crippen LogP contribution in [-0.2, 0) is 11.2 Å². The van der Waals surface area contributed by atoms with Crippen molar-refractivity contribution in [1.82, 2.24) is 9.97 Å². The van der Waals surface area contributed by atoms with Gasteiger partial charge in [-0.1, -0.05) is 84.4 Å². The average Bonchev–Trinajstić information content (AvgIpc) is 2.77. The SMILES string of the molecule is O=C(Cc1ccc(Cl)cc1)Nc1ncc(-c2ccccc2)nc1-c1ccccc1. The van der Waals surface area contributed by atoms with E-state index in [-0.39, 0.29) is 12.3 Å². The van der Waals surface area contributed by atoms with Crippen LogP contribution in [0.25, 0.3) is 22.5 Å². The standard InChI is InChI=1S/C24H18ClN3O/c25-20-13-11-17(12-14-20)15-22(29)28-24-23(19-9-5-2-6-10-19)27-21(16-26-24)18-7-3-1-4-8-18/h1-14,16H,15H2,(H,26,28,29). The van der Waals surface area contributed by atoms with E-state index in [0.29, 0.717) is 16.5 Å². The number of nitrogens with zero attached hydrogens (tertiary/aromatic N) is 2. The van der Waals surface area contributed by atoms with Gasteiger partial charge in [-0.05, 0) is 17.7 Å². The molecule has 4 aromatic rings. The molecule has 5 heteroatoms. The van der Waals surface area contributed by atoms with Crippen LogP contribution in [0.4, 0.5) is 5.82 Å². The number of carbonyl (C=O) groups is 1. The third kappa shape index (κ3) is 4.68. The molecule has 0 fully saturated rings. The Labute approximate surface area is 174 Å². The van der Waals surface area contributed by atoms with Crippen molar-refractivity contribution in [2.45, 2.75) is 6.42 Å². The molecule has 1 amide bonds. The molecule has 0 unspecified atom stereocenters. The van der Waals surface area contributed by atoms with Crippen molar-refractivity contribution in [1.29, 1.82) is 0 Å². The summed E-state index contributed by atoms with van der Waals surface area (Å²) < 4.78 is 0. The molecule has 0 saturated heterocycles. The Morgan fingerprint density at radius 2 is 1.45 bits per heavy atom. The second-order valence-corrected chi connectivity index (χ2v) is 6.97. The number of carbonyl (C=O) groups excluding carboxylic acids is 1. The lowest BCUT2D eigenvalue weighted by atomic mass is 10.1. The molecule has 4 rings (SSSR count). The zero-order chi connectivity index (χ0) is 20.1. The Morgan fingerprint density at radius 3 is 2.10 bits per heavy atom. The van der Waals surface area contributed by atoms with E-state index in [0.717, 1.165) is 22.4 Å². The lowest BCUT2D eigenvalue weighted by Crippen LogP contribution is -2.16. The lowest BCUT2D eigenvalue weighted by molar-refractivity contribution is -0.115. The largest absolute Gasteiger partial charge is 0.309 e. The molecule has 0 saturated carbocycles. The minimum absolute atomic E-state index is 0.161. The minimum Gasteiger partial charge on any atom is -0.309 e. The summed E-state index contributed by atoms with van der Waals surface area (Å²) in [5, 5.41) is 3.55. The predicted octanol–water partition coefficient (Wildman–Crippen LogP) is 5.65. The van der Waals surface area contributed by atoms with Gasteiger partial charge in [-0.2, -0.15) is 0 Å². The predicted molar refractivity (Wildman–Crippen MR) is 117 cm³/mol. The van der Waals surface area contributed by atoms with E-state index in [1.165, 1.54) is 0 Å². The van der Waals surface area contributed by atoms with E-state index in [1.54, 1.807) is 18.3 Å². The van der Waals surface area contributed by atoms with Crippen molar-refractivity contribution in [3.05, 3.63) is 102 Å². The fourth-order valence-corrected chi connectivity index (χ4v) is 3.12. The number of halogens is 1. The highest BCUT2D eigenvalue weighted by atomic mass is 35.5. The van der Waals surface area contributed by atoms with Crippen molar-refractivity contribution in [3.8, 4) is 22.5 Å². The van der Waals surface area contributed by atoms with Gasteiger partial charge in [0.2, 0.25) is 5.91 Å². The average molecular weight is 400 g/mol.